The zero-order valence-corrected chi connectivity index (χ0v) is 9.40. The second-order valence-corrected chi connectivity index (χ2v) is 5.59. The van der Waals surface area contributed by atoms with E-state index in [0.717, 1.165) is 12.0 Å². The van der Waals surface area contributed by atoms with Crippen molar-refractivity contribution in [2.45, 2.75) is 6.42 Å². The summed E-state index contributed by atoms with van der Waals surface area (Å²) in [5.41, 5.74) is 6.32. The number of nitrogens with one attached hydrogen (secondary N) is 1. The van der Waals surface area contributed by atoms with Crippen molar-refractivity contribution < 1.29 is 8.42 Å². The van der Waals surface area contributed by atoms with Crippen LogP contribution in [0.3, 0.4) is 0 Å². The first-order valence-corrected chi connectivity index (χ1v) is 6.92. The molecule has 0 saturated heterocycles. The maximum Gasteiger partial charge on any atom is 0.212 e. The molecule has 0 atom stereocenters. The summed E-state index contributed by atoms with van der Waals surface area (Å²) in [5.74, 6) is -0.00334. The zero-order chi connectivity index (χ0) is 10.4. The molecule has 1 aromatic heterocycles. The first-order chi connectivity index (χ1) is 6.64. The SMILES string of the molecule is NCCS(=O)(=O)NCCc1ccsc1. The number of thiophene rings is 1. The van der Waals surface area contributed by atoms with Gasteiger partial charge in [-0.15, -0.1) is 0 Å². The van der Waals surface area contributed by atoms with Crippen LogP contribution >= 0.6 is 11.3 Å². The minimum Gasteiger partial charge on any atom is -0.329 e. The van der Waals surface area contributed by atoms with Crippen LogP contribution in [0.5, 0.6) is 0 Å². The van der Waals surface area contributed by atoms with Gasteiger partial charge in [0.15, 0.2) is 0 Å². The molecule has 1 heterocycles. The van der Waals surface area contributed by atoms with Gasteiger partial charge >= 0.3 is 0 Å². The van der Waals surface area contributed by atoms with E-state index in [0.29, 0.717) is 6.54 Å². The average molecular weight is 234 g/mol. The summed E-state index contributed by atoms with van der Waals surface area (Å²) < 4.78 is 24.8. The monoisotopic (exact) mass is 234 g/mol. The van der Waals surface area contributed by atoms with Gasteiger partial charge in [-0.05, 0) is 28.8 Å². The summed E-state index contributed by atoms with van der Waals surface area (Å²) in [6.45, 7) is 0.604. The maximum absolute atomic E-state index is 11.2. The largest absolute Gasteiger partial charge is 0.329 e. The molecule has 0 aliphatic rings. The lowest BCUT2D eigenvalue weighted by molar-refractivity contribution is 0.581. The Balaban J connectivity index is 2.28. The van der Waals surface area contributed by atoms with Crippen LogP contribution in [0.4, 0.5) is 0 Å². The van der Waals surface area contributed by atoms with Crippen molar-refractivity contribution in [2.24, 2.45) is 5.73 Å². The lowest BCUT2D eigenvalue weighted by Gasteiger charge is -2.03. The van der Waals surface area contributed by atoms with Crippen LogP contribution in [0.15, 0.2) is 16.8 Å². The average Bonchev–Trinajstić information content (AvgIpc) is 2.56. The standard InChI is InChI=1S/C8H14N2O2S2/c9-3-6-14(11,12)10-4-1-8-2-5-13-7-8/h2,5,7,10H,1,3-4,6,9H2. The van der Waals surface area contributed by atoms with Crippen LogP contribution in [-0.4, -0.2) is 27.3 Å². The normalized spacial score (nSPS) is 11.8. The van der Waals surface area contributed by atoms with Crippen LogP contribution < -0.4 is 10.5 Å². The third-order valence-electron chi connectivity index (χ3n) is 1.70. The highest BCUT2D eigenvalue weighted by atomic mass is 32.2. The molecule has 0 amide bonds. The first-order valence-electron chi connectivity index (χ1n) is 4.32. The molecule has 0 bridgehead atoms. The number of rotatable bonds is 6. The number of hydrogen-bond donors (Lipinski definition) is 2. The third kappa shape index (κ3) is 4.19. The van der Waals surface area contributed by atoms with E-state index in [1.165, 1.54) is 0 Å². The summed E-state index contributed by atoms with van der Waals surface area (Å²) in [5, 5.41) is 3.99. The van der Waals surface area contributed by atoms with E-state index in [1.807, 2.05) is 16.8 Å². The van der Waals surface area contributed by atoms with E-state index in [1.54, 1.807) is 11.3 Å². The van der Waals surface area contributed by atoms with E-state index in [4.69, 9.17) is 5.73 Å². The van der Waals surface area contributed by atoms with Crippen LogP contribution in [0.2, 0.25) is 0 Å². The van der Waals surface area contributed by atoms with Crippen molar-refractivity contribution in [3.05, 3.63) is 22.4 Å². The Bertz CT molecular complexity index is 345. The van der Waals surface area contributed by atoms with Crippen molar-refractivity contribution in [3.63, 3.8) is 0 Å². The molecule has 3 N–H and O–H groups in total. The minimum atomic E-state index is -3.16. The Kier molecular flexibility index (Phi) is 4.53. The van der Waals surface area contributed by atoms with E-state index in [2.05, 4.69) is 4.72 Å². The minimum absolute atomic E-state index is 0.00334. The zero-order valence-electron chi connectivity index (χ0n) is 7.77. The Hall–Kier alpha value is -0.430. The molecular formula is C8H14N2O2S2. The fourth-order valence-corrected chi connectivity index (χ4v) is 2.58. The molecule has 1 rings (SSSR count). The Morgan fingerprint density at radius 2 is 2.29 bits per heavy atom. The summed E-state index contributed by atoms with van der Waals surface area (Å²) in [4.78, 5) is 0. The van der Waals surface area contributed by atoms with Gasteiger partial charge in [0.1, 0.15) is 0 Å². The van der Waals surface area contributed by atoms with Crippen molar-refractivity contribution >= 4 is 21.4 Å². The van der Waals surface area contributed by atoms with E-state index >= 15 is 0 Å². The van der Waals surface area contributed by atoms with Gasteiger partial charge in [-0.2, -0.15) is 11.3 Å². The number of nitrogens with two attached hydrogens (primary N) is 1. The van der Waals surface area contributed by atoms with Gasteiger partial charge in [-0.1, -0.05) is 0 Å². The quantitative estimate of drug-likeness (QED) is 0.737. The molecule has 0 saturated carbocycles. The van der Waals surface area contributed by atoms with Gasteiger partial charge in [0.25, 0.3) is 0 Å². The molecule has 14 heavy (non-hydrogen) atoms. The Morgan fingerprint density at radius 3 is 2.86 bits per heavy atom. The topological polar surface area (TPSA) is 72.2 Å². The highest BCUT2D eigenvalue weighted by Crippen LogP contribution is 2.05. The predicted octanol–water partition coefficient (Wildman–Crippen LogP) is 0.169. The molecule has 0 aliphatic heterocycles. The highest BCUT2D eigenvalue weighted by Gasteiger charge is 2.07. The first kappa shape index (κ1) is 11.6. The molecule has 0 radical (unpaired) electrons. The fourth-order valence-electron chi connectivity index (χ4n) is 1.01. The Labute approximate surface area is 88.2 Å². The van der Waals surface area contributed by atoms with E-state index in [-0.39, 0.29) is 12.3 Å². The summed E-state index contributed by atoms with van der Waals surface area (Å²) in [6, 6.07) is 1.99. The summed E-state index contributed by atoms with van der Waals surface area (Å²) in [7, 11) is -3.16. The second-order valence-electron chi connectivity index (χ2n) is 2.88. The van der Waals surface area contributed by atoms with E-state index < -0.39 is 10.0 Å². The van der Waals surface area contributed by atoms with Gasteiger partial charge in [0, 0.05) is 13.1 Å². The third-order valence-corrected chi connectivity index (χ3v) is 3.85. The van der Waals surface area contributed by atoms with Crippen LogP contribution in [0.1, 0.15) is 5.56 Å². The molecule has 6 heteroatoms. The van der Waals surface area contributed by atoms with Gasteiger partial charge in [-0.3, -0.25) is 0 Å². The van der Waals surface area contributed by atoms with Crippen molar-refractivity contribution in [3.8, 4) is 0 Å². The lowest BCUT2D eigenvalue weighted by Crippen LogP contribution is -2.31. The van der Waals surface area contributed by atoms with Crippen LogP contribution in [0.25, 0.3) is 0 Å². The second kappa shape index (κ2) is 5.45. The number of sulfonamides is 1. The molecule has 4 nitrogen and oxygen atoms in total. The lowest BCUT2D eigenvalue weighted by atomic mass is 10.2. The molecule has 0 aliphatic carbocycles. The molecule has 0 aromatic carbocycles. The van der Waals surface area contributed by atoms with Gasteiger partial charge in [0.05, 0.1) is 5.75 Å². The molecule has 0 fully saturated rings. The van der Waals surface area contributed by atoms with Crippen LogP contribution in [0, 0.1) is 0 Å². The van der Waals surface area contributed by atoms with Crippen molar-refractivity contribution in [1.82, 2.24) is 4.72 Å². The van der Waals surface area contributed by atoms with Crippen molar-refractivity contribution in [1.29, 1.82) is 0 Å². The number of hydrogen-bond acceptors (Lipinski definition) is 4. The molecule has 0 spiro atoms. The maximum atomic E-state index is 11.2. The van der Waals surface area contributed by atoms with Gasteiger partial charge < -0.3 is 5.73 Å². The molecule has 80 valence electrons. The fraction of sp³-hybridized carbons (Fsp3) is 0.500. The van der Waals surface area contributed by atoms with Gasteiger partial charge in [0.2, 0.25) is 10.0 Å². The molecule has 1 aromatic rings. The Morgan fingerprint density at radius 1 is 1.50 bits per heavy atom. The van der Waals surface area contributed by atoms with E-state index in [9.17, 15) is 8.42 Å². The predicted molar refractivity (Wildman–Crippen MR) is 58.9 cm³/mol. The summed E-state index contributed by atoms with van der Waals surface area (Å²) in [6.07, 6.45) is 0.729. The van der Waals surface area contributed by atoms with Gasteiger partial charge in [-0.25, -0.2) is 13.1 Å². The highest BCUT2D eigenvalue weighted by molar-refractivity contribution is 7.89. The molecule has 0 unspecified atom stereocenters. The van der Waals surface area contributed by atoms with Crippen molar-refractivity contribution in [2.75, 3.05) is 18.8 Å². The summed E-state index contributed by atoms with van der Waals surface area (Å²) >= 11 is 1.61. The smallest absolute Gasteiger partial charge is 0.212 e. The molecular weight excluding hydrogens is 220 g/mol. The van der Waals surface area contributed by atoms with Crippen LogP contribution in [-0.2, 0) is 16.4 Å².